The van der Waals surface area contributed by atoms with Crippen LogP contribution in [0.4, 0.5) is 0 Å². The van der Waals surface area contributed by atoms with Crippen molar-refractivity contribution >= 4 is 23.6 Å². The van der Waals surface area contributed by atoms with Crippen molar-refractivity contribution in [3.63, 3.8) is 0 Å². The average Bonchev–Trinajstić information content (AvgIpc) is 2.83. The summed E-state index contributed by atoms with van der Waals surface area (Å²) in [7, 11) is 0. The van der Waals surface area contributed by atoms with Gasteiger partial charge in [0.15, 0.2) is 0 Å². The maximum atomic E-state index is 11.7. The van der Waals surface area contributed by atoms with Crippen molar-refractivity contribution in [2.45, 2.75) is 38.1 Å². The quantitative estimate of drug-likeness (QED) is 0.639. The van der Waals surface area contributed by atoms with E-state index in [2.05, 4.69) is 5.32 Å². The molecule has 0 heterocycles. The van der Waals surface area contributed by atoms with Crippen LogP contribution in [0.1, 0.15) is 32.1 Å². The zero-order chi connectivity index (χ0) is 13.6. The molecule has 0 aromatic rings. The highest BCUT2D eigenvalue weighted by Gasteiger charge is 2.41. The molecule has 0 aromatic carbocycles. The minimum atomic E-state index is -0.807. The van der Waals surface area contributed by atoms with Crippen molar-refractivity contribution in [3.8, 4) is 0 Å². The Bertz CT molecular complexity index is 304. The fourth-order valence-electron chi connectivity index (χ4n) is 2.28. The van der Waals surface area contributed by atoms with E-state index < -0.39 is 17.4 Å². The van der Waals surface area contributed by atoms with Gasteiger partial charge in [-0.1, -0.05) is 12.8 Å². The normalized spacial score (nSPS) is 19.4. The summed E-state index contributed by atoms with van der Waals surface area (Å²) in [4.78, 5) is 23.0. The first-order chi connectivity index (χ1) is 8.52. The zero-order valence-corrected chi connectivity index (χ0v) is 11.6. The predicted octanol–water partition coefficient (Wildman–Crippen LogP) is 0.828. The van der Waals surface area contributed by atoms with Gasteiger partial charge in [-0.25, -0.2) is 0 Å². The first-order valence-corrected chi connectivity index (χ1v) is 7.67. The second-order valence-corrected chi connectivity index (χ2v) is 5.88. The standard InChI is InChI=1S/C12H22N2O3S/c1-18-7-4-9(13)10(15)14-8-12(11(16)17)5-2-3-6-12/h9H,2-8,13H2,1H3,(H,14,15)(H,16,17)/t9-/m0/s1. The molecular formula is C12H22N2O3S. The Labute approximate surface area is 112 Å². The molecule has 0 radical (unpaired) electrons. The summed E-state index contributed by atoms with van der Waals surface area (Å²) < 4.78 is 0. The number of nitrogens with two attached hydrogens (primary N) is 1. The van der Waals surface area contributed by atoms with Gasteiger partial charge in [0.25, 0.3) is 0 Å². The van der Waals surface area contributed by atoms with Gasteiger partial charge < -0.3 is 16.2 Å². The van der Waals surface area contributed by atoms with Crippen LogP contribution in [0.25, 0.3) is 0 Å². The SMILES string of the molecule is CSCC[C@H](N)C(=O)NCC1(C(=O)O)CCCC1. The average molecular weight is 274 g/mol. The van der Waals surface area contributed by atoms with Gasteiger partial charge in [0.2, 0.25) is 5.91 Å². The summed E-state index contributed by atoms with van der Waals surface area (Å²) in [5.74, 6) is -0.215. The van der Waals surface area contributed by atoms with Crippen molar-refractivity contribution in [1.82, 2.24) is 5.32 Å². The summed E-state index contributed by atoms with van der Waals surface area (Å²) in [6.45, 7) is 0.203. The van der Waals surface area contributed by atoms with E-state index in [1.807, 2.05) is 6.26 Å². The van der Waals surface area contributed by atoms with Crippen LogP contribution in [0, 0.1) is 5.41 Å². The molecule has 1 amide bonds. The van der Waals surface area contributed by atoms with Crippen molar-refractivity contribution in [2.24, 2.45) is 11.1 Å². The van der Waals surface area contributed by atoms with Crippen LogP contribution in [0.3, 0.4) is 0 Å². The predicted molar refractivity (Wildman–Crippen MR) is 72.5 cm³/mol. The summed E-state index contributed by atoms with van der Waals surface area (Å²) in [6, 6.07) is -0.537. The maximum absolute atomic E-state index is 11.7. The zero-order valence-electron chi connectivity index (χ0n) is 10.8. The van der Waals surface area contributed by atoms with Crippen LogP contribution in [0.2, 0.25) is 0 Å². The van der Waals surface area contributed by atoms with E-state index in [4.69, 9.17) is 5.73 Å². The Morgan fingerprint density at radius 1 is 1.44 bits per heavy atom. The van der Waals surface area contributed by atoms with Crippen molar-refractivity contribution in [1.29, 1.82) is 0 Å². The van der Waals surface area contributed by atoms with Crippen molar-refractivity contribution < 1.29 is 14.7 Å². The summed E-state index contributed by atoms with van der Waals surface area (Å²) in [6.07, 6.45) is 5.70. The number of carbonyl (C=O) groups is 2. The second-order valence-electron chi connectivity index (χ2n) is 4.90. The van der Waals surface area contributed by atoms with E-state index in [0.29, 0.717) is 19.3 Å². The van der Waals surface area contributed by atoms with Crippen LogP contribution < -0.4 is 11.1 Å². The number of carboxylic acid groups (broad SMARTS) is 1. The molecule has 6 heteroatoms. The molecular weight excluding hydrogens is 252 g/mol. The van der Waals surface area contributed by atoms with Crippen molar-refractivity contribution in [2.75, 3.05) is 18.6 Å². The number of hydrogen-bond acceptors (Lipinski definition) is 4. The van der Waals surface area contributed by atoms with Crippen LogP contribution in [-0.4, -0.2) is 41.6 Å². The highest BCUT2D eigenvalue weighted by Crippen LogP contribution is 2.37. The molecule has 4 N–H and O–H groups in total. The topological polar surface area (TPSA) is 92.4 Å². The summed E-state index contributed by atoms with van der Waals surface area (Å²) in [5, 5.41) is 12.0. The first kappa shape index (κ1) is 15.3. The molecule has 1 atom stereocenters. The van der Waals surface area contributed by atoms with Gasteiger partial charge in [-0.2, -0.15) is 11.8 Å². The van der Waals surface area contributed by atoms with Gasteiger partial charge in [-0.3, -0.25) is 9.59 Å². The number of carboxylic acids is 1. The van der Waals surface area contributed by atoms with Crippen LogP contribution in [0.15, 0.2) is 0 Å². The summed E-state index contributed by atoms with van der Waals surface area (Å²) in [5.41, 5.74) is 4.97. The molecule has 1 saturated carbocycles. The van der Waals surface area contributed by atoms with Gasteiger partial charge in [-0.05, 0) is 31.3 Å². The summed E-state index contributed by atoms with van der Waals surface area (Å²) >= 11 is 1.64. The number of carbonyl (C=O) groups excluding carboxylic acids is 1. The number of hydrogen-bond donors (Lipinski definition) is 3. The monoisotopic (exact) mass is 274 g/mol. The third kappa shape index (κ3) is 3.88. The van der Waals surface area contributed by atoms with Gasteiger partial charge >= 0.3 is 5.97 Å². The highest BCUT2D eigenvalue weighted by molar-refractivity contribution is 7.98. The van der Waals surface area contributed by atoms with Gasteiger partial charge in [0.1, 0.15) is 0 Å². The molecule has 0 saturated heterocycles. The molecule has 0 unspecified atom stereocenters. The minimum absolute atomic E-state index is 0.203. The van der Waals surface area contributed by atoms with Crippen LogP contribution in [0.5, 0.6) is 0 Å². The molecule has 0 aliphatic heterocycles. The Morgan fingerprint density at radius 3 is 2.56 bits per heavy atom. The van der Waals surface area contributed by atoms with Crippen LogP contribution >= 0.6 is 11.8 Å². The molecule has 1 aliphatic carbocycles. The van der Waals surface area contributed by atoms with Gasteiger partial charge in [-0.15, -0.1) is 0 Å². The third-order valence-electron chi connectivity index (χ3n) is 3.59. The Hall–Kier alpha value is -0.750. The lowest BCUT2D eigenvalue weighted by Gasteiger charge is -2.24. The highest BCUT2D eigenvalue weighted by atomic mass is 32.2. The Kier molecular flexibility index (Phi) is 5.95. The molecule has 0 aromatic heterocycles. The lowest BCUT2D eigenvalue weighted by Crippen LogP contribution is -2.47. The lowest BCUT2D eigenvalue weighted by molar-refractivity contribution is -0.148. The second kappa shape index (κ2) is 6.99. The Balaban J connectivity index is 2.43. The molecule has 18 heavy (non-hydrogen) atoms. The third-order valence-corrected chi connectivity index (χ3v) is 4.23. The number of nitrogens with one attached hydrogen (secondary N) is 1. The van der Waals surface area contributed by atoms with Crippen LogP contribution in [-0.2, 0) is 9.59 Å². The van der Waals surface area contributed by atoms with E-state index in [-0.39, 0.29) is 12.5 Å². The number of aliphatic carboxylic acids is 1. The van der Waals surface area contributed by atoms with E-state index >= 15 is 0 Å². The molecule has 1 rings (SSSR count). The Morgan fingerprint density at radius 2 is 2.06 bits per heavy atom. The fourth-order valence-corrected chi connectivity index (χ4v) is 2.77. The van der Waals surface area contributed by atoms with E-state index in [9.17, 15) is 14.7 Å². The van der Waals surface area contributed by atoms with Crippen molar-refractivity contribution in [3.05, 3.63) is 0 Å². The molecule has 0 spiro atoms. The maximum Gasteiger partial charge on any atom is 0.311 e. The largest absolute Gasteiger partial charge is 0.481 e. The van der Waals surface area contributed by atoms with E-state index in [1.165, 1.54) is 0 Å². The van der Waals surface area contributed by atoms with Gasteiger partial charge in [0, 0.05) is 6.54 Å². The van der Waals surface area contributed by atoms with E-state index in [0.717, 1.165) is 18.6 Å². The van der Waals surface area contributed by atoms with E-state index in [1.54, 1.807) is 11.8 Å². The molecule has 5 nitrogen and oxygen atoms in total. The number of amides is 1. The molecule has 1 aliphatic rings. The minimum Gasteiger partial charge on any atom is -0.481 e. The molecule has 0 bridgehead atoms. The smallest absolute Gasteiger partial charge is 0.311 e. The number of thioether (sulfide) groups is 1. The molecule has 104 valence electrons. The first-order valence-electron chi connectivity index (χ1n) is 6.27. The lowest BCUT2D eigenvalue weighted by atomic mass is 9.86. The molecule has 1 fully saturated rings. The number of rotatable bonds is 7. The fraction of sp³-hybridized carbons (Fsp3) is 0.833. The van der Waals surface area contributed by atoms with Gasteiger partial charge in [0.05, 0.1) is 11.5 Å².